The number of hydrogen-bond acceptors (Lipinski definition) is 3. The fourth-order valence-electron chi connectivity index (χ4n) is 1.50. The smallest absolute Gasteiger partial charge is 0.275 e. The topological polar surface area (TPSA) is 78.5 Å². The molecule has 0 aliphatic carbocycles. The van der Waals surface area contributed by atoms with E-state index in [9.17, 15) is 14.4 Å². The Morgan fingerprint density at radius 3 is 2.59 bits per heavy atom. The third-order valence-corrected chi connectivity index (χ3v) is 2.26. The van der Waals surface area contributed by atoms with Gasteiger partial charge in [0.05, 0.1) is 6.42 Å². The summed E-state index contributed by atoms with van der Waals surface area (Å²) in [7, 11) is 0. The molecule has 6 nitrogen and oxygen atoms in total. The zero-order chi connectivity index (χ0) is 12.3. The van der Waals surface area contributed by atoms with E-state index in [1.54, 1.807) is 0 Å². The van der Waals surface area contributed by atoms with E-state index >= 15 is 0 Å². The number of amides is 4. The summed E-state index contributed by atoms with van der Waals surface area (Å²) in [5, 5.41) is 3.04. The van der Waals surface area contributed by atoms with Gasteiger partial charge in [-0.1, -0.05) is 30.3 Å². The lowest BCUT2D eigenvalue weighted by molar-refractivity contribution is -0.124. The van der Waals surface area contributed by atoms with Gasteiger partial charge in [0.15, 0.2) is 0 Å². The van der Waals surface area contributed by atoms with Crippen LogP contribution in [0.25, 0.3) is 0 Å². The van der Waals surface area contributed by atoms with Crippen LogP contribution in [0.5, 0.6) is 0 Å². The van der Waals surface area contributed by atoms with Crippen molar-refractivity contribution in [3.63, 3.8) is 0 Å². The van der Waals surface area contributed by atoms with Crippen LogP contribution in [0.15, 0.2) is 30.3 Å². The van der Waals surface area contributed by atoms with Gasteiger partial charge in [0, 0.05) is 0 Å². The minimum absolute atomic E-state index is 0.140. The van der Waals surface area contributed by atoms with Gasteiger partial charge in [0.25, 0.3) is 0 Å². The van der Waals surface area contributed by atoms with Crippen LogP contribution in [-0.4, -0.2) is 29.4 Å². The van der Waals surface area contributed by atoms with E-state index in [0.29, 0.717) is 0 Å². The van der Waals surface area contributed by atoms with Crippen LogP contribution in [0.1, 0.15) is 5.56 Å². The average Bonchev–Trinajstić information content (AvgIpc) is 2.58. The number of carbonyl (C=O) groups is 3. The lowest BCUT2D eigenvalue weighted by Gasteiger charge is -2.14. The number of rotatable bonds is 3. The Morgan fingerprint density at radius 2 is 2.00 bits per heavy atom. The van der Waals surface area contributed by atoms with Crippen molar-refractivity contribution in [2.24, 2.45) is 0 Å². The number of imide groups is 1. The summed E-state index contributed by atoms with van der Waals surface area (Å²) >= 11 is 0. The maximum absolute atomic E-state index is 11.6. The Kier molecular flexibility index (Phi) is 3.04. The molecule has 0 saturated carbocycles. The van der Waals surface area contributed by atoms with Gasteiger partial charge in [-0.2, -0.15) is 0 Å². The molecule has 1 aromatic carbocycles. The molecule has 4 amide bonds. The second-order valence-corrected chi connectivity index (χ2v) is 3.64. The number of urea groups is 1. The standard InChI is InChI=1S/C11H11N3O3/c15-9(6-8-4-2-1-3-5-8)13-14-7-10(16)12-11(14)17/h1-5H,6-7H2,(H,13,15)(H,12,16,17). The lowest BCUT2D eigenvalue weighted by atomic mass is 10.1. The van der Waals surface area contributed by atoms with E-state index in [2.05, 4.69) is 10.7 Å². The molecule has 17 heavy (non-hydrogen) atoms. The number of nitrogens with zero attached hydrogens (tertiary/aromatic N) is 1. The summed E-state index contributed by atoms with van der Waals surface area (Å²) in [6.45, 7) is -0.140. The maximum Gasteiger partial charge on any atom is 0.343 e. The number of hydrogen-bond donors (Lipinski definition) is 2. The van der Waals surface area contributed by atoms with E-state index < -0.39 is 11.9 Å². The Labute approximate surface area is 97.6 Å². The normalized spacial score (nSPS) is 14.7. The van der Waals surface area contributed by atoms with Crippen LogP contribution < -0.4 is 10.7 Å². The summed E-state index contributed by atoms with van der Waals surface area (Å²) in [4.78, 5) is 33.6. The first-order valence-corrected chi connectivity index (χ1v) is 5.10. The van der Waals surface area contributed by atoms with Crippen molar-refractivity contribution in [2.45, 2.75) is 6.42 Å². The van der Waals surface area contributed by atoms with E-state index in [1.807, 2.05) is 30.3 Å². The fourth-order valence-corrected chi connectivity index (χ4v) is 1.50. The van der Waals surface area contributed by atoms with Crippen LogP contribution in [0.4, 0.5) is 4.79 Å². The third kappa shape index (κ3) is 2.81. The highest BCUT2D eigenvalue weighted by Crippen LogP contribution is 2.00. The molecule has 2 N–H and O–H groups in total. The molecule has 1 heterocycles. The second kappa shape index (κ2) is 4.65. The van der Waals surface area contributed by atoms with Gasteiger partial charge in [0.1, 0.15) is 6.54 Å². The number of hydrazine groups is 1. The Hall–Kier alpha value is -2.37. The van der Waals surface area contributed by atoms with E-state index in [-0.39, 0.29) is 18.9 Å². The minimum atomic E-state index is -0.601. The highest BCUT2D eigenvalue weighted by atomic mass is 16.2. The van der Waals surface area contributed by atoms with Crippen LogP contribution in [0, 0.1) is 0 Å². The Morgan fingerprint density at radius 1 is 1.29 bits per heavy atom. The third-order valence-electron chi connectivity index (χ3n) is 2.26. The summed E-state index contributed by atoms with van der Waals surface area (Å²) < 4.78 is 0. The van der Waals surface area contributed by atoms with Crippen molar-refractivity contribution in [1.29, 1.82) is 0 Å². The molecule has 0 spiro atoms. The quantitative estimate of drug-likeness (QED) is 0.710. The van der Waals surface area contributed by atoms with Crippen molar-refractivity contribution >= 4 is 17.8 Å². The first kappa shape index (κ1) is 11.1. The molecule has 6 heteroatoms. The zero-order valence-corrected chi connectivity index (χ0v) is 8.97. The first-order chi connectivity index (χ1) is 8.15. The number of carbonyl (C=O) groups excluding carboxylic acids is 3. The van der Waals surface area contributed by atoms with E-state index in [0.717, 1.165) is 10.6 Å². The molecule has 0 unspecified atom stereocenters. The fraction of sp³-hybridized carbons (Fsp3) is 0.182. The SMILES string of the molecule is O=C1CN(NC(=O)Cc2ccccc2)C(=O)N1. The van der Waals surface area contributed by atoms with Crippen molar-refractivity contribution in [2.75, 3.05) is 6.54 Å². The summed E-state index contributed by atoms with van der Waals surface area (Å²) in [6, 6.07) is 8.54. The average molecular weight is 233 g/mol. The van der Waals surface area contributed by atoms with Crippen LogP contribution in [0.3, 0.4) is 0 Å². The maximum atomic E-state index is 11.6. The lowest BCUT2D eigenvalue weighted by Crippen LogP contribution is -2.44. The molecule has 1 aliphatic rings. The molecule has 1 fully saturated rings. The van der Waals surface area contributed by atoms with Gasteiger partial charge in [-0.25, -0.2) is 9.80 Å². The van der Waals surface area contributed by atoms with E-state index in [4.69, 9.17) is 0 Å². The highest BCUT2D eigenvalue weighted by molar-refractivity contribution is 6.02. The molecule has 0 radical (unpaired) electrons. The van der Waals surface area contributed by atoms with E-state index in [1.165, 1.54) is 0 Å². The van der Waals surface area contributed by atoms with Crippen molar-refractivity contribution < 1.29 is 14.4 Å². The molecule has 0 aromatic heterocycles. The van der Waals surface area contributed by atoms with Crippen LogP contribution in [-0.2, 0) is 16.0 Å². The molecule has 1 aliphatic heterocycles. The largest absolute Gasteiger partial charge is 0.343 e. The summed E-state index contributed by atoms with van der Waals surface area (Å²) in [6.07, 6.45) is 0.165. The zero-order valence-electron chi connectivity index (χ0n) is 8.97. The number of benzene rings is 1. The number of nitrogens with one attached hydrogen (secondary N) is 2. The first-order valence-electron chi connectivity index (χ1n) is 5.10. The molecular formula is C11H11N3O3. The van der Waals surface area contributed by atoms with Crippen LogP contribution >= 0.6 is 0 Å². The monoisotopic (exact) mass is 233 g/mol. The predicted molar refractivity (Wildman–Crippen MR) is 58.5 cm³/mol. The highest BCUT2D eigenvalue weighted by Gasteiger charge is 2.27. The minimum Gasteiger partial charge on any atom is -0.275 e. The molecule has 2 rings (SSSR count). The van der Waals surface area contributed by atoms with Gasteiger partial charge in [-0.15, -0.1) is 0 Å². The van der Waals surface area contributed by atoms with Gasteiger partial charge in [-0.3, -0.25) is 20.3 Å². The van der Waals surface area contributed by atoms with Gasteiger partial charge in [-0.05, 0) is 5.56 Å². The van der Waals surface area contributed by atoms with Crippen LogP contribution in [0.2, 0.25) is 0 Å². The van der Waals surface area contributed by atoms with Crippen molar-refractivity contribution in [3.05, 3.63) is 35.9 Å². The second-order valence-electron chi connectivity index (χ2n) is 3.64. The molecule has 88 valence electrons. The molecule has 0 atom stereocenters. The Bertz CT molecular complexity index is 458. The van der Waals surface area contributed by atoms with Gasteiger partial charge < -0.3 is 0 Å². The summed E-state index contributed by atoms with van der Waals surface area (Å²) in [5.41, 5.74) is 3.21. The summed E-state index contributed by atoms with van der Waals surface area (Å²) in [5.74, 6) is -0.754. The van der Waals surface area contributed by atoms with Crippen molar-refractivity contribution in [3.8, 4) is 0 Å². The molecule has 1 saturated heterocycles. The molecule has 0 bridgehead atoms. The molecule has 1 aromatic rings. The predicted octanol–water partition coefficient (Wildman–Crippen LogP) is -0.188. The Balaban J connectivity index is 1.90. The molecular weight excluding hydrogens is 222 g/mol. The van der Waals surface area contributed by atoms with Crippen molar-refractivity contribution in [1.82, 2.24) is 15.8 Å². The van der Waals surface area contributed by atoms with Gasteiger partial charge >= 0.3 is 6.03 Å². The van der Waals surface area contributed by atoms with Gasteiger partial charge in [0.2, 0.25) is 11.8 Å².